The van der Waals surface area contributed by atoms with Crippen molar-refractivity contribution >= 4 is 15.8 Å². The zero-order chi connectivity index (χ0) is 20.1. The molecular formula is C19H18N2O6S. The van der Waals surface area contributed by atoms with Crippen LogP contribution in [0.15, 0.2) is 57.9 Å². The van der Waals surface area contributed by atoms with Crippen LogP contribution in [0.25, 0.3) is 11.4 Å². The Balaban J connectivity index is 1.72. The smallest absolute Gasteiger partial charge is 0.339 e. The quantitative estimate of drug-likeness (QED) is 0.555. The molecule has 0 N–H and O–H groups in total. The summed E-state index contributed by atoms with van der Waals surface area (Å²) in [4.78, 5) is 16.5. The lowest BCUT2D eigenvalue weighted by Gasteiger charge is -2.08. The van der Waals surface area contributed by atoms with E-state index >= 15 is 0 Å². The number of esters is 1. The zero-order valence-electron chi connectivity index (χ0n) is 15.3. The number of hydrogen-bond acceptors (Lipinski definition) is 8. The van der Waals surface area contributed by atoms with Crippen LogP contribution in [0.1, 0.15) is 23.2 Å². The Labute approximate surface area is 162 Å². The Morgan fingerprint density at radius 1 is 1.11 bits per heavy atom. The van der Waals surface area contributed by atoms with Gasteiger partial charge in [0, 0.05) is 5.56 Å². The van der Waals surface area contributed by atoms with Gasteiger partial charge in [-0.2, -0.15) is 4.98 Å². The number of benzene rings is 2. The maximum atomic E-state index is 12.4. The van der Waals surface area contributed by atoms with E-state index in [1.807, 2.05) is 0 Å². The minimum absolute atomic E-state index is 0.0285. The number of carbonyl (C=O) groups is 1. The van der Waals surface area contributed by atoms with Gasteiger partial charge in [0.2, 0.25) is 5.82 Å². The molecule has 0 saturated carbocycles. The van der Waals surface area contributed by atoms with Gasteiger partial charge in [-0.15, -0.1) is 0 Å². The van der Waals surface area contributed by atoms with Crippen LogP contribution in [-0.4, -0.2) is 37.4 Å². The molecular weight excluding hydrogens is 384 g/mol. The summed E-state index contributed by atoms with van der Waals surface area (Å²) in [5.41, 5.74) is 0.681. The van der Waals surface area contributed by atoms with Gasteiger partial charge in [0.15, 0.2) is 16.4 Å². The molecule has 2 aromatic carbocycles. The molecule has 0 unspecified atom stereocenters. The molecule has 3 rings (SSSR count). The summed E-state index contributed by atoms with van der Waals surface area (Å²) in [5, 5.41) is 3.85. The fraction of sp³-hybridized carbons (Fsp3) is 0.211. The predicted molar refractivity (Wildman–Crippen MR) is 99.6 cm³/mol. The number of aromatic nitrogens is 2. The molecule has 0 aliphatic carbocycles. The summed E-state index contributed by atoms with van der Waals surface area (Å²) in [6.45, 7) is 1.24. The monoisotopic (exact) mass is 402 g/mol. The van der Waals surface area contributed by atoms with Crippen LogP contribution < -0.4 is 4.74 Å². The molecule has 146 valence electrons. The Hall–Kier alpha value is -3.20. The average Bonchev–Trinajstić information content (AvgIpc) is 3.21. The molecule has 9 heteroatoms. The van der Waals surface area contributed by atoms with Crippen LogP contribution in [-0.2, 0) is 21.2 Å². The van der Waals surface area contributed by atoms with Gasteiger partial charge in [-0.25, -0.2) is 13.2 Å². The second-order valence-electron chi connectivity index (χ2n) is 5.72. The van der Waals surface area contributed by atoms with Crippen molar-refractivity contribution in [2.75, 3.05) is 12.9 Å². The SMILES string of the molecule is CCS(=O)(=O)c1ccccc1C(=O)OCc1nc(-c2ccc(OC)cc2)no1. The van der Waals surface area contributed by atoms with E-state index < -0.39 is 15.8 Å². The number of rotatable bonds is 7. The second-order valence-corrected chi connectivity index (χ2v) is 7.96. The van der Waals surface area contributed by atoms with Gasteiger partial charge in [0.25, 0.3) is 5.89 Å². The number of carbonyl (C=O) groups excluding carboxylic acids is 1. The number of hydrogen-bond donors (Lipinski definition) is 0. The van der Waals surface area contributed by atoms with E-state index in [9.17, 15) is 13.2 Å². The number of sulfone groups is 1. The van der Waals surface area contributed by atoms with Gasteiger partial charge >= 0.3 is 5.97 Å². The largest absolute Gasteiger partial charge is 0.497 e. The first-order valence-electron chi connectivity index (χ1n) is 8.40. The summed E-state index contributed by atoms with van der Waals surface area (Å²) in [5.74, 6) is 0.225. The van der Waals surface area contributed by atoms with Crippen molar-refractivity contribution < 1.29 is 27.2 Å². The molecule has 0 amide bonds. The van der Waals surface area contributed by atoms with Gasteiger partial charge in [0.1, 0.15) is 5.75 Å². The molecule has 1 aromatic heterocycles. The summed E-state index contributed by atoms with van der Waals surface area (Å²) in [6.07, 6.45) is 0. The van der Waals surface area contributed by atoms with Crippen molar-refractivity contribution in [2.24, 2.45) is 0 Å². The molecule has 1 heterocycles. The molecule has 0 aliphatic heterocycles. The van der Waals surface area contributed by atoms with Crippen molar-refractivity contribution in [2.45, 2.75) is 18.4 Å². The van der Waals surface area contributed by atoms with Gasteiger partial charge in [-0.3, -0.25) is 0 Å². The number of ether oxygens (including phenoxy) is 2. The van der Waals surface area contributed by atoms with E-state index in [1.165, 1.54) is 19.1 Å². The molecule has 28 heavy (non-hydrogen) atoms. The third-order valence-electron chi connectivity index (χ3n) is 3.97. The zero-order valence-corrected chi connectivity index (χ0v) is 16.1. The first-order valence-corrected chi connectivity index (χ1v) is 10.1. The highest BCUT2D eigenvalue weighted by Crippen LogP contribution is 2.21. The van der Waals surface area contributed by atoms with E-state index in [2.05, 4.69) is 10.1 Å². The third kappa shape index (κ3) is 4.20. The summed E-state index contributed by atoms with van der Waals surface area (Å²) in [7, 11) is -1.99. The van der Waals surface area contributed by atoms with E-state index in [0.717, 1.165) is 0 Å². The minimum atomic E-state index is -3.56. The highest BCUT2D eigenvalue weighted by molar-refractivity contribution is 7.91. The lowest BCUT2D eigenvalue weighted by molar-refractivity contribution is 0.0425. The molecule has 0 fully saturated rings. The van der Waals surface area contributed by atoms with Crippen LogP contribution in [0.4, 0.5) is 0 Å². The molecule has 0 aliphatic rings. The summed E-state index contributed by atoms with van der Waals surface area (Å²) < 4.78 is 39.6. The van der Waals surface area contributed by atoms with Gasteiger partial charge in [-0.1, -0.05) is 24.2 Å². The molecule has 0 radical (unpaired) electrons. The number of methoxy groups -OCH3 is 1. The third-order valence-corrected chi connectivity index (χ3v) is 5.75. The van der Waals surface area contributed by atoms with Crippen LogP contribution in [0.3, 0.4) is 0 Å². The topological polar surface area (TPSA) is 109 Å². The maximum absolute atomic E-state index is 12.4. The normalized spacial score (nSPS) is 11.2. The lowest BCUT2D eigenvalue weighted by Crippen LogP contribution is -2.13. The van der Waals surface area contributed by atoms with Crippen LogP contribution in [0.2, 0.25) is 0 Å². The highest BCUT2D eigenvalue weighted by atomic mass is 32.2. The molecule has 0 atom stereocenters. The van der Waals surface area contributed by atoms with E-state index in [-0.39, 0.29) is 28.7 Å². The first kappa shape index (κ1) is 19.6. The van der Waals surface area contributed by atoms with Gasteiger partial charge in [-0.05, 0) is 36.4 Å². The molecule has 0 saturated heterocycles. The van der Waals surface area contributed by atoms with Gasteiger partial charge in [0.05, 0.1) is 23.3 Å². The standard InChI is InChI=1S/C19H18N2O6S/c1-3-28(23,24)16-7-5-4-6-15(16)19(22)26-12-17-20-18(21-27-17)13-8-10-14(25-2)11-9-13/h4-11H,3,12H2,1-2H3. The van der Waals surface area contributed by atoms with E-state index in [1.54, 1.807) is 43.5 Å². The lowest BCUT2D eigenvalue weighted by atomic mass is 10.2. The highest BCUT2D eigenvalue weighted by Gasteiger charge is 2.22. The predicted octanol–water partition coefficient (Wildman–Crippen LogP) is 2.90. The molecule has 8 nitrogen and oxygen atoms in total. The fourth-order valence-electron chi connectivity index (χ4n) is 2.44. The van der Waals surface area contributed by atoms with Crippen molar-refractivity contribution in [3.8, 4) is 17.1 Å². The molecule has 3 aromatic rings. The first-order chi connectivity index (χ1) is 13.4. The van der Waals surface area contributed by atoms with Crippen LogP contribution >= 0.6 is 0 Å². The van der Waals surface area contributed by atoms with E-state index in [0.29, 0.717) is 17.1 Å². The van der Waals surface area contributed by atoms with Crippen LogP contribution in [0.5, 0.6) is 5.75 Å². The summed E-state index contributed by atoms with van der Waals surface area (Å²) >= 11 is 0. The van der Waals surface area contributed by atoms with Crippen molar-refractivity contribution in [3.63, 3.8) is 0 Å². The maximum Gasteiger partial charge on any atom is 0.339 e. The molecule has 0 spiro atoms. The Morgan fingerprint density at radius 2 is 1.82 bits per heavy atom. The van der Waals surface area contributed by atoms with E-state index in [4.69, 9.17) is 14.0 Å². The van der Waals surface area contributed by atoms with Crippen LogP contribution in [0, 0.1) is 0 Å². The van der Waals surface area contributed by atoms with Gasteiger partial charge < -0.3 is 14.0 Å². The van der Waals surface area contributed by atoms with Crippen molar-refractivity contribution in [3.05, 3.63) is 60.0 Å². The minimum Gasteiger partial charge on any atom is -0.497 e. The number of nitrogens with zero attached hydrogens (tertiary/aromatic N) is 2. The Morgan fingerprint density at radius 3 is 2.50 bits per heavy atom. The second kappa shape index (κ2) is 8.22. The van der Waals surface area contributed by atoms with Crippen molar-refractivity contribution in [1.29, 1.82) is 0 Å². The molecule has 0 bridgehead atoms. The van der Waals surface area contributed by atoms with Crippen molar-refractivity contribution in [1.82, 2.24) is 10.1 Å². The average molecular weight is 402 g/mol. The summed E-state index contributed by atoms with van der Waals surface area (Å²) in [6, 6.07) is 13.0. The fourth-order valence-corrected chi connectivity index (χ4v) is 3.52. The Bertz CT molecular complexity index is 1070. The Kier molecular flexibility index (Phi) is 5.74.